The van der Waals surface area contributed by atoms with Gasteiger partial charge in [-0.05, 0) is 31.4 Å². The number of alkyl halides is 1. The average Bonchev–Trinajstić information content (AvgIpc) is 3.58. The topological polar surface area (TPSA) is 97.6 Å². The number of aromatic nitrogens is 1. The van der Waals surface area contributed by atoms with Gasteiger partial charge in [0.1, 0.15) is 18.0 Å². The number of benzene rings is 2. The van der Waals surface area contributed by atoms with Crippen LogP contribution in [0, 0.1) is 11.6 Å². The van der Waals surface area contributed by atoms with Gasteiger partial charge in [0.05, 0.1) is 22.0 Å². The molecule has 1 fully saturated rings. The Morgan fingerprint density at radius 2 is 1.94 bits per heavy atom. The predicted molar refractivity (Wildman–Crippen MR) is 124 cm³/mol. The number of hydrogen-bond acceptors (Lipinski definition) is 4. The molecule has 4 rings (SSSR count). The van der Waals surface area contributed by atoms with Crippen molar-refractivity contribution in [2.45, 2.75) is 38.0 Å². The Kier molecular flexibility index (Phi) is 6.44. The van der Waals surface area contributed by atoms with Gasteiger partial charge in [-0.2, -0.15) is 0 Å². The maximum atomic E-state index is 15.9. The molecule has 0 aliphatic heterocycles. The van der Waals surface area contributed by atoms with Crippen molar-refractivity contribution in [2.24, 2.45) is 0 Å². The van der Waals surface area contributed by atoms with Crippen LogP contribution >= 0.6 is 15.9 Å². The summed E-state index contributed by atoms with van der Waals surface area (Å²) in [5.74, 6) is -3.55. The molecule has 1 aromatic heterocycles. The molecular formula is C24H21BrF2N2O5. The number of hydrogen-bond donors (Lipinski definition) is 2. The van der Waals surface area contributed by atoms with Gasteiger partial charge in [0, 0.05) is 17.6 Å². The summed E-state index contributed by atoms with van der Waals surface area (Å²) in [6.45, 7) is 1.69. The predicted octanol–water partition coefficient (Wildman–Crippen LogP) is 4.85. The fourth-order valence-electron chi connectivity index (χ4n) is 3.97. The molecule has 1 unspecified atom stereocenters. The maximum Gasteiger partial charge on any atom is 0.408 e. The summed E-state index contributed by atoms with van der Waals surface area (Å²) >= 11 is 3.28. The van der Waals surface area contributed by atoms with E-state index < -0.39 is 46.3 Å². The molecule has 2 aromatic carbocycles. The van der Waals surface area contributed by atoms with Gasteiger partial charge in [0.25, 0.3) is 0 Å². The number of halogens is 3. The van der Waals surface area contributed by atoms with E-state index in [4.69, 9.17) is 4.74 Å². The molecule has 7 nitrogen and oxygen atoms in total. The van der Waals surface area contributed by atoms with Gasteiger partial charge >= 0.3 is 12.1 Å². The minimum absolute atomic E-state index is 0.00822. The molecule has 0 spiro atoms. The lowest BCUT2D eigenvalue weighted by atomic mass is 9.99. The van der Waals surface area contributed by atoms with E-state index in [9.17, 15) is 19.5 Å². The first-order valence-corrected chi connectivity index (χ1v) is 11.7. The van der Waals surface area contributed by atoms with Crippen molar-refractivity contribution in [3.8, 4) is 0 Å². The van der Waals surface area contributed by atoms with E-state index in [1.807, 2.05) is 6.07 Å². The Labute approximate surface area is 201 Å². The molecule has 1 saturated carbocycles. The third kappa shape index (κ3) is 4.29. The number of alkyl carbamates (subject to hydrolysis) is 1. The van der Waals surface area contributed by atoms with E-state index >= 15 is 8.78 Å². The number of amides is 1. The Hall–Kier alpha value is -3.27. The second-order valence-electron chi connectivity index (χ2n) is 8.30. The molecular weight excluding hydrogens is 514 g/mol. The molecule has 0 radical (unpaired) electrons. The Bertz CT molecular complexity index is 1340. The number of nitrogens with zero attached hydrogens (tertiary/aromatic N) is 1. The molecule has 34 heavy (non-hydrogen) atoms. The summed E-state index contributed by atoms with van der Waals surface area (Å²) in [7, 11) is 0. The first-order valence-electron chi connectivity index (χ1n) is 10.5. The van der Waals surface area contributed by atoms with E-state index in [1.54, 1.807) is 31.2 Å². The molecule has 10 heteroatoms. The van der Waals surface area contributed by atoms with Gasteiger partial charge in [-0.3, -0.25) is 4.79 Å². The summed E-state index contributed by atoms with van der Waals surface area (Å²) < 4.78 is 37.6. The maximum absolute atomic E-state index is 15.9. The fraction of sp³-hybridized carbons (Fsp3) is 0.292. The molecule has 3 aromatic rings. The number of nitrogens with one attached hydrogen (secondary N) is 1. The number of carbonyl (C=O) groups is 2. The smallest absolute Gasteiger partial charge is 0.408 e. The number of carboxylic acid groups (broad SMARTS) is 1. The quantitative estimate of drug-likeness (QED) is 0.422. The van der Waals surface area contributed by atoms with Crippen LogP contribution in [0.2, 0.25) is 0 Å². The highest BCUT2D eigenvalue weighted by atomic mass is 79.9. The van der Waals surface area contributed by atoms with Crippen molar-refractivity contribution in [1.82, 2.24) is 9.88 Å². The van der Waals surface area contributed by atoms with E-state index in [0.29, 0.717) is 5.33 Å². The van der Waals surface area contributed by atoms with Crippen LogP contribution in [-0.2, 0) is 16.9 Å². The van der Waals surface area contributed by atoms with Crippen LogP contribution in [0.1, 0.15) is 47.3 Å². The number of aromatic carboxylic acids is 1. The van der Waals surface area contributed by atoms with E-state index in [0.717, 1.165) is 17.8 Å². The zero-order valence-electron chi connectivity index (χ0n) is 18.1. The highest BCUT2D eigenvalue weighted by Crippen LogP contribution is 2.48. The van der Waals surface area contributed by atoms with E-state index in [-0.39, 0.29) is 35.9 Å². The van der Waals surface area contributed by atoms with Gasteiger partial charge in [-0.15, -0.1) is 0 Å². The van der Waals surface area contributed by atoms with Crippen molar-refractivity contribution in [1.29, 1.82) is 0 Å². The molecule has 0 saturated heterocycles. The molecule has 0 bridgehead atoms. The fourth-order valence-corrected chi connectivity index (χ4v) is 4.28. The van der Waals surface area contributed by atoms with Crippen LogP contribution in [0.5, 0.6) is 0 Å². The number of ether oxygens (including phenoxy) is 1. The highest BCUT2D eigenvalue weighted by molar-refractivity contribution is 9.09. The number of fused-ring (bicyclic) bond motifs is 1. The van der Waals surface area contributed by atoms with Crippen LogP contribution in [0.3, 0.4) is 0 Å². The highest BCUT2D eigenvalue weighted by Gasteiger charge is 2.50. The van der Waals surface area contributed by atoms with Gasteiger partial charge in [0.15, 0.2) is 5.82 Å². The SMILES string of the molecule is CC(CBr)n1cc(C(=O)O)c(=O)c2cc(F)c(C3(NC(=O)OCc4ccccc4)CC3)c(F)c21. The molecule has 1 atom stereocenters. The van der Waals surface area contributed by atoms with Gasteiger partial charge in [-0.25, -0.2) is 18.4 Å². The second kappa shape index (κ2) is 9.17. The lowest BCUT2D eigenvalue weighted by Gasteiger charge is -2.23. The van der Waals surface area contributed by atoms with Crippen molar-refractivity contribution in [2.75, 3.05) is 5.33 Å². The standard InChI is InChI=1S/C24H21BrF2N2O5/c1-13(10-25)29-11-16(22(31)32)21(30)15-9-17(26)18(19(27)20(15)29)24(7-8-24)28-23(33)34-12-14-5-3-2-4-6-14/h2-6,9,11,13H,7-8,10,12H2,1H3,(H,28,33)(H,31,32). The van der Waals surface area contributed by atoms with Crippen molar-refractivity contribution < 1.29 is 28.2 Å². The monoisotopic (exact) mass is 534 g/mol. The molecule has 1 aliphatic carbocycles. The summed E-state index contributed by atoms with van der Waals surface area (Å²) in [5.41, 5.74) is -2.73. The van der Waals surface area contributed by atoms with Crippen LogP contribution in [-0.4, -0.2) is 27.1 Å². The van der Waals surface area contributed by atoms with Crippen LogP contribution < -0.4 is 10.7 Å². The minimum atomic E-state index is -1.49. The van der Waals surface area contributed by atoms with Gasteiger partial charge < -0.3 is 19.7 Å². The first-order chi connectivity index (χ1) is 16.2. The third-order valence-corrected chi connectivity index (χ3v) is 6.86. The summed E-state index contributed by atoms with van der Waals surface area (Å²) in [5, 5.41) is 11.9. The summed E-state index contributed by atoms with van der Waals surface area (Å²) in [6, 6.07) is 9.36. The van der Waals surface area contributed by atoms with E-state index in [2.05, 4.69) is 21.2 Å². The zero-order chi connectivity index (χ0) is 24.6. The number of carbonyl (C=O) groups excluding carboxylic acids is 1. The van der Waals surface area contributed by atoms with Crippen LogP contribution in [0.15, 0.2) is 47.4 Å². The zero-order valence-corrected chi connectivity index (χ0v) is 19.7. The Morgan fingerprint density at radius 3 is 2.53 bits per heavy atom. The van der Waals surface area contributed by atoms with Crippen LogP contribution in [0.25, 0.3) is 10.9 Å². The lowest BCUT2D eigenvalue weighted by molar-refractivity contribution is 0.0694. The summed E-state index contributed by atoms with van der Waals surface area (Å²) in [6.07, 6.45) is 0.786. The number of rotatable bonds is 7. The second-order valence-corrected chi connectivity index (χ2v) is 8.95. The third-order valence-electron chi connectivity index (χ3n) is 5.92. The largest absolute Gasteiger partial charge is 0.477 e. The Morgan fingerprint density at radius 1 is 1.26 bits per heavy atom. The summed E-state index contributed by atoms with van der Waals surface area (Å²) in [4.78, 5) is 36.7. The average molecular weight is 535 g/mol. The van der Waals surface area contributed by atoms with E-state index in [1.165, 1.54) is 4.57 Å². The molecule has 2 N–H and O–H groups in total. The van der Waals surface area contributed by atoms with Crippen LogP contribution in [0.4, 0.5) is 13.6 Å². The Balaban J connectivity index is 1.75. The number of carboxylic acids is 1. The van der Waals surface area contributed by atoms with Crippen molar-refractivity contribution in [3.05, 3.63) is 81.1 Å². The van der Waals surface area contributed by atoms with Crippen molar-refractivity contribution in [3.63, 3.8) is 0 Å². The number of pyridine rings is 1. The molecule has 1 amide bonds. The molecule has 1 aliphatic rings. The normalized spacial score (nSPS) is 15.1. The van der Waals surface area contributed by atoms with Gasteiger partial charge in [-0.1, -0.05) is 46.3 Å². The minimum Gasteiger partial charge on any atom is -0.477 e. The molecule has 1 heterocycles. The lowest BCUT2D eigenvalue weighted by Crippen LogP contribution is -2.37. The molecule has 178 valence electrons. The van der Waals surface area contributed by atoms with Crippen molar-refractivity contribution >= 4 is 38.9 Å². The van der Waals surface area contributed by atoms with Gasteiger partial charge in [0.2, 0.25) is 5.43 Å². The first kappa shape index (κ1) is 23.9.